The van der Waals surface area contributed by atoms with E-state index in [1.807, 2.05) is 38.1 Å². The third-order valence-electron chi connectivity index (χ3n) is 9.64. The van der Waals surface area contributed by atoms with E-state index in [1.165, 1.54) is 61.1 Å². The van der Waals surface area contributed by atoms with E-state index in [-0.39, 0.29) is 11.8 Å². The Kier molecular flexibility index (Phi) is 14.1. The topological polar surface area (TPSA) is 54.5 Å². The molecule has 1 aromatic carbocycles. The highest BCUT2D eigenvalue weighted by atomic mass is 16.1. The number of aromatic nitrogens is 1. The van der Waals surface area contributed by atoms with Gasteiger partial charge in [0.05, 0.1) is 0 Å². The molecule has 0 spiro atoms. The fourth-order valence-electron chi connectivity index (χ4n) is 7.52. The number of amides is 1. The second-order valence-electron chi connectivity index (χ2n) is 12.3. The van der Waals surface area contributed by atoms with Crippen LogP contribution in [0.4, 0.5) is 0 Å². The summed E-state index contributed by atoms with van der Waals surface area (Å²) in [5.74, 6) is 0.401. The summed E-state index contributed by atoms with van der Waals surface area (Å²) in [5, 5.41) is 1.26. The lowest BCUT2D eigenvalue weighted by Crippen LogP contribution is -2.44. The van der Waals surface area contributed by atoms with Crippen LogP contribution in [0, 0.1) is 5.92 Å². The van der Waals surface area contributed by atoms with Gasteiger partial charge in [-0.05, 0) is 88.1 Å². The lowest BCUT2D eigenvalue weighted by Gasteiger charge is -2.40. The van der Waals surface area contributed by atoms with Gasteiger partial charge in [0, 0.05) is 65.9 Å². The summed E-state index contributed by atoms with van der Waals surface area (Å²) < 4.78 is 2.49. The molecule has 2 fully saturated rings. The van der Waals surface area contributed by atoms with E-state index in [2.05, 4.69) is 47.4 Å². The Labute approximate surface area is 262 Å². The molecule has 0 saturated carbocycles. The van der Waals surface area contributed by atoms with Crippen LogP contribution in [0.15, 0.2) is 55.8 Å². The van der Waals surface area contributed by atoms with Gasteiger partial charge in [-0.3, -0.25) is 4.79 Å². The van der Waals surface area contributed by atoms with Crippen molar-refractivity contribution in [3.05, 3.63) is 72.6 Å². The molecule has 5 heteroatoms. The minimum Gasteiger partial charge on any atom is -0.375 e. The first-order valence-corrected chi connectivity index (χ1v) is 17.3. The fraction of sp³-hybridized carbons (Fsp3) is 0.605. The number of nitrogens with two attached hydrogens (primary N) is 1. The van der Waals surface area contributed by atoms with E-state index in [0.717, 1.165) is 76.1 Å². The average Bonchev–Trinajstić information content (AvgIpc) is 3.67. The minimum absolute atomic E-state index is 0.288. The number of likely N-dealkylation sites (tertiary alicyclic amines) is 2. The van der Waals surface area contributed by atoms with Crippen molar-refractivity contribution >= 4 is 16.8 Å². The molecule has 2 saturated heterocycles. The van der Waals surface area contributed by atoms with Crippen molar-refractivity contribution in [2.75, 3.05) is 26.2 Å². The Balaban J connectivity index is 0.00000248. The van der Waals surface area contributed by atoms with Crippen molar-refractivity contribution in [3.8, 4) is 0 Å². The van der Waals surface area contributed by atoms with Crippen LogP contribution in [0.1, 0.15) is 119 Å². The molecule has 1 amide bonds. The average molecular weight is 589 g/mol. The molecule has 0 radical (unpaired) electrons. The zero-order valence-corrected chi connectivity index (χ0v) is 27.9. The van der Waals surface area contributed by atoms with Crippen molar-refractivity contribution in [1.82, 2.24) is 14.4 Å². The number of hydrogen-bond donors (Lipinski definition) is 1. The number of rotatable bonds is 16. The molecule has 2 aliphatic rings. The van der Waals surface area contributed by atoms with Crippen LogP contribution in [0.2, 0.25) is 0 Å². The number of benzene rings is 1. The van der Waals surface area contributed by atoms with E-state index in [9.17, 15) is 4.79 Å². The van der Waals surface area contributed by atoms with Gasteiger partial charge in [0.25, 0.3) is 0 Å². The minimum atomic E-state index is -0.376. The van der Waals surface area contributed by atoms with E-state index in [4.69, 9.17) is 12.3 Å². The molecule has 0 aliphatic carbocycles. The molecule has 43 heavy (non-hydrogen) atoms. The van der Waals surface area contributed by atoms with Gasteiger partial charge in [0.15, 0.2) is 0 Å². The summed E-state index contributed by atoms with van der Waals surface area (Å²) in [6, 6.07) is 6.80. The van der Waals surface area contributed by atoms with Crippen molar-refractivity contribution in [3.63, 3.8) is 0 Å². The molecule has 1 aromatic heterocycles. The first-order valence-electron chi connectivity index (χ1n) is 17.3. The molecule has 0 bridgehead atoms. The third-order valence-corrected chi connectivity index (χ3v) is 9.64. The standard InChI is InChI=1S/C36H54N4O.C2H6/c1-6-10-16-30(27(5)38-23-19-31(20-24-38)39-21-11-12-22-39)26-40-33(15-9-4)35(28(13-7-2)14-8-3)32-18-17-29(36(37)41)25-34(32)40;1-2/h6,9,17-18,25,28,30-31H,1,4-5,7-8,10-16,19-24,26H2,2-3H3,(H2,37,41);1-2H3/t30-;/m0./s1. The number of fused-ring (bicyclic) bond motifs is 1. The number of carbonyl (C=O) groups excluding carboxylic acids is 1. The zero-order valence-electron chi connectivity index (χ0n) is 27.9. The van der Waals surface area contributed by atoms with E-state index >= 15 is 0 Å². The number of primary amides is 1. The Morgan fingerprint density at radius 3 is 2.21 bits per heavy atom. The van der Waals surface area contributed by atoms with Crippen LogP contribution in [-0.2, 0) is 13.0 Å². The van der Waals surface area contributed by atoms with Gasteiger partial charge in [0.2, 0.25) is 5.91 Å². The number of hydrogen-bond acceptors (Lipinski definition) is 3. The second-order valence-corrected chi connectivity index (χ2v) is 12.3. The second kappa shape index (κ2) is 17.5. The predicted octanol–water partition coefficient (Wildman–Crippen LogP) is 8.84. The van der Waals surface area contributed by atoms with Crippen LogP contribution < -0.4 is 5.73 Å². The molecule has 0 unspecified atom stereocenters. The van der Waals surface area contributed by atoms with Gasteiger partial charge in [-0.15, -0.1) is 13.2 Å². The number of carbonyl (C=O) groups is 1. The molecule has 2 aromatic rings. The summed E-state index contributed by atoms with van der Waals surface area (Å²) >= 11 is 0. The summed E-state index contributed by atoms with van der Waals surface area (Å²) in [4.78, 5) is 17.5. The van der Waals surface area contributed by atoms with Crippen LogP contribution in [0.3, 0.4) is 0 Å². The number of nitrogens with zero attached hydrogens (tertiary/aromatic N) is 3. The van der Waals surface area contributed by atoms with E-state index in [1.54, 1.807) is 0 Å². The summed E-state index contributed by atoms with van der Waals surface area (Å²) in [6.45, 7) is 27.0. The smallest absolute Gasteiger partial charge is 0.248 e. The Morgan fingerprint density at radius 2 is 1.65 bits per heavy atom. The van der Waals surface area contributed by atoms with Crippen molar-refractivity contribution in [1.29, 1.82) is 0 Å². The monoisotopic (exact) mass is 588 g/mol. The van der Waals surface area contributed by atoms with Gasteiger partial charge >= 0.3 is 0 Å². The fourth-order valence-corrected chi connectivity index (χ4v) is 7.52. The predicted molar refractivity (Wildman–Crippen MR) is 186 cm³/mol. The maximum Gasteiger partial charge on any atom is 0.248 e. The largest absolute Gasteiger partial charge is 0.375 e. The molecule has 238 valence electrons. The van der Waals surface area contributed by atoms with Gasteiger partial charge in [-0.1, -0.05) is 65.3 Å². The number of piperidine rings is 1. The molecule has 2 aliphatic heterocycles. The van der Waals surface area contributed by atoms with Crippen LogP contribution >= 0.6 is 0 Å². The Hall–Kier alpha value is -2.79. The first kappa shape index (κ1) is 34.7. The quantitative estimate of drug-likeness (QED) is 0.199. The van der Waals surface area contributed by atoms with E-state index < -0.39 is 0 Å². The Bertz CT molecular complexity index is 1190. The molecule has 1 atom stereocenters. The highest BCUT2D eigenvalue weighted by Crippen LogP contribution is 2.39. The normalized spacial score (nSPS) is 16.7. The molecular formula is C38H60N4O. The van der Waals surface area contributed by atoms with Crippen LogP contribution in [-0.4, -0.2) is 52.5 Å². The summed E-state index contributed by atoms with van der Waals surface area (Å²) in [5.41, 5.74) is 11.5. The van der Waals surface area contributed by atoms with E-state index in [0.29, 0.717) is 11.5 Å². The molecule has 3 heterocycles. The maximum atomic E-state index is 12.3. The van der Waals surface area contributed by atoms with Gasteiger partial charge in [0.1, 0.15) is 0 Å². The van der Waals surface area contributed by atoms with Gasteiger partial charge in [-0.2, -0.15) is 0 Å². The SMILES string of the molecule is C=CCC[C@@H](Cn1c(CC=C)c(C(CCC)CCC)c2ccc(C(N)=O)cc21)C(=C)N1CCC(N2CCCC2)CC1.CC. The molecule has 2 N–H and O–H groups in total. The molecule has 4 rings (SSSR count). The Morgan fingerprint density at radius 1 is 1.00 bits per heavy atom. The zero-order chi connectivity index (χ0) is 31.4. The summed E-state index contributed by atoms with van der Waals surface area (Å²) in [7, 11) is 0. The van der Waals surface area contributed by atoms with Crippen LogP contribution in [0.5, 0.6) is 0 Å². The molecular weight excluding hydrogens is 528 g/mol. The van der Waals surface area contributed by atoms with Gasteiger partial charge in [-0.25, -0.2) is 0 Å². The third kappa shape index (κ3) is 8.44. The van der Waals surface area contributed by atoms with Crippen molar-refractivity contribution in [2.24, 2.45) is 11.7 Å². The highest BCUT2D eigenvalue weighted by Gasteiger charge is 2.30. The first-order chi connectivity index (χ1) is 20.9. The lowest BCUT2D eigenvalue weighted by molar-refractivity contribution is 0.100. The number of allylic oxidation sites excluding steroid dienone is 3. The van der Waals surface area contributed by atoms with Crippen molar-refractivity contribution in [2.45, 2.75) is 117 Å². The maximum absolute atomic E-state index is 12.3. The highest BCUT2D eigenvalue weighted by molar-refractivity contribution is 5.98. The molecule has 5 nitrogen and oxygen atoms in total. The van der Waals surface area contributed by atoms with Crippen molar-refractivity contribution < 1.29 is 4.79 Å². The van der Waals surface area contributed by atoms with Gasteiger partial charge < -0.3 is 20.1 Å². The lowest BCUT2D eigenvalue weighted by atomic mass is 9.87. The summed E-state index contributed by atoms with van der Waals surface area (Å²) in [6.07, 6.45) is 16.6. The van der Waals surface area contributed by atoms with Crippen LogP contribution in [0.25, 0.3) is 10.9 Å².